The SMILES string of the molecule is C\C1=C/C(C2Nc3ccccc3N2C)=C\C(c2nc3ccccc3n2C)=C/CC1. The lowest BCUT2D eigenvalue weighted by Gasteiger charge is -2.25. The van der Waals surface area contributed by atoms with Crippen LogP contribution < -0.4 is 10.2 Å². The average molecular weight is 383 g/mol. The molecule has 4 nitrogen and oxygen atoms in total. The fourth-order valence-corrected chi connectivity index (χ4v) is 4.40. The summed E-state index contributed by atoms with van der Waals surface area (Å²) < 4.78 is 2.20. The molecule has 0 saturated heterocycles. The maximum Gasteiger partial charge on any atom is 0.140 e. The number of anilines is 2. The fraction of sp³-hybridized carbons (Fsp3) is 0.240. The van der Waals surface area contributed by atoms with Crippen molar-refractivity contribution in [2.24, 2.45) is 7.05 Å². The predicted octanol–water partition coefficient (Wildman–Crippen LogP) is 5.51. The molecule has 3 aromatic rings. The number of aryl methyl sites for hydroxylation is 1. The van der Waals surface area contributed by atoms with Crippen molar-refractivity contribution in [1.82, 2.24) is 9.55 Å². The van der Waals surface area contributed by atoms with Gasteiger partial charge in [-0.15, -0.1) is 0 Å². The van der Waals surface area contributed by atoms with Crippen LogP contribution in [-0.2, 0) is 7.05 Å². The maximum atomic E-state index is 4.94. The van der Waals surface area contributed by atoms with E-state index in [0.29, 0.717) is 0 Å². The molecule has 1 aliphatic carbocycles. The Hall–Kier alpha value is -3.27. The number of nitrogens with one attached hydrogen (secondary N) is 1. The van der Waals surface area contributed by atoms with Crippen molar-refractivity contribution in [2.45, 2.75) is 25.9 Å². The van der Waals surface area contributed by atoms with Gasteiger partial charge >= 0.3 is 0 Å². The van der Waals surface area contributed by atoms with E-state index in [9.17, 15) is 0 Å². The van der Waals surface area contributed by atoms with E-state index in [-0.39, 0.29) is 6.17 Å². The largest absolute Gasteiger partial charge is 0.360 e. The average Bonchev–Trinajstić information content (AvgIpc) is 3.23. The number of likely N-dealkylation sites (N-methyl/N-ethyl adjacent to an activating group) is 1. The number of rotatable bonds is 2. The molecule has 4 heteroatoms. The molecule has 1 atom stereocenters. The van der Waals surface area contributed by atoms with Crippen LogP contribution in [0.4, 0.5) is 11.4 Å². The molecular weight excluding hydrogens is 356 g/mol. The lowest BCUT2D eigenvalue weighted by Crippen LogP contribution is -2.33. The molecule has 1 aromatic heterocycles. The van der Waals surface area contributed by atoms with Gasteiger partial charge in [0, 0.05) is 19.7 Å². The Morgan fingerprint density at radius 3 is 2.62 bits per heavy atom. The molecule has 5 rings (SSSR count). The smallest absolute Gasteiger partial charge is 0.140 e. The van der Waals surface area contributed by atoms with Gasteiger partial charge in [-0.3, -0.25) is 0 Å². The number of hydrogen-bond donors (Lipinski definition) is 1. The number of aromatic nitrogens is 2. The monoisotopic (exact) mass is 382 g/mol. The molecule has 0 amide bonds. The van der Waals surface area contributed by atoms with Gasteiger partial charge in [-0.2, -0.15) is 0 Å². The third kappa shape index (κ3) is 3.05. The second-order valence-electron chi connectivity index (χ2n) is 7.99. The standard InChI is InChI=1S/C25H26N4/c1-17-9-8-10-18(24-26-20-11-4-6-13-22(20)28(24)2)16-19(15-17)25-27-21-12-5-7-14-23(21)29(25)3/h4-7,10-16,25,27H,8-9H2,1-3H3/b17-15+,18-10+,19-16+. The van der Waals surface area contributed by atoms with Gasteiger partial charge in [-0.25, -0.2) is 4.98 Å². The van der Waals surface area contributed by atoms with E-state index in [1.807, 2.05) is 6.07 Å². The molecule has 0 fully saturated rings. The molecule has 2 aromatic carbocycles. The van der Waals surface area contributed by atoms with Crippen LogP contribution in [0.3, 0.4) is 0 Å². The Bertz CT molecular complexity index is 1180. The Kier molecular flexibility index (Phi) is 4.27. The van der Waals surface area contributed by atoms with Gasteiger partial charge in [0.2, 0.25) is 0 Å². The molecule has 1 N–H and O–H groups in total. The Morgan fingerprint density at radius 1 is 1.00 bits per heavy atom. The van der Waals surface area contributed by atoms with Crippen molar-refractivity contribution >= 4 is 28.0 Å². The van der Waals surface area contributed by atoms with Gasteiger partial charge in [0.15, 0.2) is 0 Å². The fourth-order valence-electron chi connectivity index (χ4n) is 4.40. The second-order valence-corrected chi connectivity index (χ2v) is 7.99. The van der Waals surface area contributed by atoms with Crippen molar-refractivity contribution in [2.75, 3.05) is 17.3 Å². The summed E-state index contributed by atoms with van der Waals surface area (Å²) in [5, 5.41) is 3.69. The van der Waals surface area contributed by atoms with E-state index in [4.69, 9.17) is 4.98 Å². The van der Waals surface area contributed by atoms with Crippen LogP contribution in [0.1, 0.15) is 25.6 Å². The number of nitrogens with zero attached hydrogens (tertiary/aromatic N) is 3. The minimum atomic E-state index is 0.110. The molecule has 0 spiro atoms. The highest BCUT2D eigenvalue weighted by atomic mass is 15.3. The van der Waals surface area contributed by atoms with Crippen LogP contribution in [-0.4, -0.2) is 22.8 Å². The molecule has 2 heterocycles. The van der Waals surface area contributed by atoms with E-state index in [0.717, 1.165) is 29.7 Å². The molecule has 29 heavy (non-hydrogen) atoms. The molecule has 2 aliphatic rings. The zero-order valence-electron chi connectivity index (χ0n) is 17.2. The van der Waals surface area contributed by atoms with E-state index in [1.165, 1.54) is 28.1 Å². The zero-order chi connectivity index (χ0) is 20.0. The van der Waals surface area contributed by atoms with E-state index in [2.05, 4.69) is 96.5 Å². The number of hydrogen-bond acceptors (Lipinski definition) is 3. The highest BCUT2D eigenvalue weighted by Crippen LogP contribution is 2.37. The lowest BCUT2D eigenvalue weighted by atomic mass is 9.98. The molecule has 146 valence electrons. The predicted molar refractivity (Wildman–Crippen MR) is 122 cm³/mol. The van der Waals surface area contributed by atoms with Gasteiger partial charge in [0.1, 0.15) is 12.0 Å². The Morgan fingerprint density at radius 2 is 1.79 bits per heavy atom. The second kappa shape index (κ2) is 6.96. The maximum absolute atomic E-state index is 4.94. The zero-order valence-corrected chi connectivity index (χ0v) is 17.2. The van der Waals surface area contributed by atoms with Crippen LogP contribution in [0.5, 0.6) is 0 Å². The third-order valence-electron chi connectivity index (χ3n) is 5.96. The van der Waals surface area contributed by atoms with Crippen molar-refractivity contribution < 1.29 is 0 Å². The minimum absolute atomic E-state index is 0.110. The van der Waals surface area contributed by atoms with Gasteiger partial charge in [-0.1, -0.05) is 42.0 Å². The quantitative estimate of drug-likeness (QED) is 0.634. The van der Waals surface area contributed by atoms with Crippen LogP contribution in [0.2, 0.25) is 0 Å². The summed E-state index contributed by atoms with van der Waals surface area (Å²) in [6, 6.07) is 16.8. The molecule has 1 aliphatic heterocycles. The first kappa shape index (κ1) is 17.8. The normalized spacial score (nSPS) is 24.4. The highest BCUT2D eigenvalue weighted by Gasteiger charge is 2.28. The van der Waals surface area contributed by atoms with Crippen LogP contribution in [0.15, 0.2) is 77.9 Å². The highest BCUT2D eigenvalue weighted by molar-refractivity contribution is 5.84. The molecule has 1 unspecified atom stereocenters. The number of benzene rings is 2. The summed E-state index contributed by atoms with van der Waals surface area (Å²) in [6.07, 6.45) is 9.19. The number of fused-ring (bicyclic) bond motifs is 2. The van der Waals surface area contributed by atoms with Gasteiger partial charge < -0.3 is 14.8 Å². The van der Waals surface area contributed by atoms with Crippen molar-refractivity contribution in [3.8, 4) is 0 Å². The topological polar surface area (TPSA) is 33.1 Å². The summed E-state index contributed by atoms with van der Waals surface area (Å²) in [6.45, 7) is 2.23. The van der Waals surface area contributed by atoms with Crippen LogP contribution >= 0.6 is 0 Å². The number of para-hydroxylation sites is 4. The third-order valence-corrected chi connectivity index (χ3v) is 5.96. The minimum Gasteiger partial charge on any atom is -0.360 e. The summed E-state index contributed by atoms with van der Waals surface area (Å²) >= 11 is 0. The van der Waals surface area contributed by atoms with E-state index >= 15 is 0 Å². The summed E-state index contributed by atoms with van der Waals surface area (Å²) in [5.74, 6) is 1.02. The van der Waals surface area contributed by atoms with E-state index < -0.39 is 0 Å². The number of imidazole rings is 1. The first-order valence-corrected chi connectivity index (χ1v) is 10.2. The van der Waals surface area contributed by atoms with Crippen molar-refractivity contribution in [3.05, 3.63) is 83.7 Å². The molecular formula is C25H26N4. The molecule has 0 radical (unpaired) electrons. The summed E-state index contributed by atoms with van der Waals surface area (Å²) in [5.41, 5.74) is 8.48. The summed E-state index contributed by atoms with van der Waals surface area (Å²) in [4.78, 5) is 7.26. The lowest BCUT2D eigenvalue weighted by molar-refractivity contribution is 0.840. The van der Waals surface area contributed by atoms with Gasteiger partial charge in [0.05, 0.1) is 22.4 Å². The van der Waals surface area contributed by atoms with Gasteiger partial charge in [-0.05, 0) is 55.7 Å². The Labute approximate surface area is 171 Å². The van der Waals surface area contributed by atoms with Crippen LogP contribution in [0.25, 0.3) is 16.6 Å². The Balaban J connectivity index is 1.60. The van der Waals surface area contributed by atoms with Crippen molar-refractivity contribution in [3.63, 3.8) is 0 Å². The molecule has 0 bridgehead atoms. The van der Waals surface area contributed by atoms with Crippen molar-refractivity contribution in [1.29, 1.82) is 0 Å². The molecule has 0 saturated carbocycles. The summed E-state index contributed by atoms with van der Waals surface area (Å²) in [7, 11) is 4.26. The first-order chi connectivity index (χ1) is 14.1. The van der Waals surface area contributed by atoms with Crippen LogP contribution in [0, 0.1) is 0 Å². The van der Waals surface area contributed by atoms with E-state index in [1.54, 1.807) is 0 Å². The van der Waals surface area contributed by atoms with Gasteiger partial charge in [0.25, 0.3) is 0 Å². The first-order valence-electron chi connectivity index (χ1n) is 10.2. The number of allylic oxidation sites excluding steroid dienone is 4.